The van der Waals surface area contributed by atoms with E-state index in [-0.39, 0.29) is 4.90 Å². The summed E-state index contributed by atoms with van der Waals surface area (Å²) >= 11 is 0. The van der Waals surface area contributed by atoms with Gasteiger partial charge in [0.15, 0.2) is 0 Å². The van der Waals surface area contributed by atoms with Crippen LogP contribution in [0.25, 0.3) is 0 Å². The summed E-state index contributed by atoms with van der Waals surface area (Å²) in [5.41, 5.74) is 10.7. The van der Waals surface area contributed by atoms with Crippen LogP contribution < -0.4 is 10.5 Å². The van der Waals surface area contributed by atoms with Gasteiger partial charge in [-0.05, 0) is 74.2 Å². The summed E-state index contributed by atoms with van der Waals surface area (Å²) in [6, 6.07) is 8.63. The van der Waals surface area contributed by atoms with E-state index in [9.17, 15) is 8.42 Å². The van der Waals surface area contributed by atoms with Gasteiger partial charge in [0.25, 0.3) is 10.0 Å². The van der Waals surface area contributed by atoms with E-state index >= 15 is 0 Å². The van der Waals surface area contributed by atoms with Gasteiger partial charge in [-0.2, -0.15) is 0 Å². The number of aryl methyl sites for hydroxylation is 4. The molecule has 0 aromatic heterocycles. The van der Waals surface area contributed by atoms with E-state index in [1.165, 1.54) is 0 Å². The van der Waals surface area contributed by atoms with E-state index < -0.39 is 10.0 Å². The SMILES string of the molecule is Cc1ccc(S(=O)(=O)Nc2cc(C)c(N)cc2C)cc1C. The van der Waals surface area contributed by atoms with Crippen LogP contribution >= 0.6 is 0 Å². The lowest BCUT2D eigenvalue weighted by Crippen LogP contribution is -2.14. The molecular weight excluding hydrogens is 284 g/mol. The zero-order valence-corrected chi connectivity index (χ0v) is 13.5. The summed E-state index contributed by atoms with van der Waals surface area (Å²) in [5, 5.41) is 0. The molecule has 0 heterocycles. The first kappa shape index (κ1) is 15.4. The molecule has 0 amide bonds. The molecule has 0 saturated heterocycles. The first-order chi connectivity index (χ1) is 9.70. The Morgan fingerprint density at radius 2 is 1.52 bits per heavy atom. The number of anilines is 2. The summed E-state index contributed by atoms with van der Waals surface area (Å²) in [5.74, 6) is 0. The van der Waals surface area contributed by atoms with Crippen molar-refractivity contribution in [2.24, 2.45) is 0 Å². The summed E-state index contributed by atoms with van der Waals surface area (Å²) in [6.45, 7) is 7.52. The van der Waals surface area contributed by atoms with Crippen LogP contribution in [-0.2, 0) is 10.0 Å². The summed E-state index contributed by atoms with van der Waals surface area (Å²) in [7, 11) is -3.60. The molecule has 0 atom stereocenters. The van der Waals surface area contributed by atoms with E-state index in [2.05, 4.69) is 4.72 Å². The Balaban J connectivity index is 2.42. The summed E-state index contributed by atoms with van der Waals surface area (Å²) in [4.78, 5) is 0.263. The number of nitrogens with two attached hydrogens (primary N) is 1. The number of rotatable bonds is 3. The number of benzene rings is 2. The number of hydrogen-bond acceptors (Lipinski definition) is 3. The van der Waals surface area contributed by atoms with Crippen molar-refractivity contribution in [3.63, 3.8) is 0 Å². The minimum Gasteiger partial charge on any atom is -0.399 e. The molecule has 2 aromatic carbocycles. The highest BCUT2D eigenvalue weighted by atomic mass is 32.2. The molecule has 0 spiro atoms. The van der Waals surface area contributed by atoms with Crippen LogP contribution in [0, 0.1) is 27.7 Å². The second-order valence-corrected chi connectivity index (χ2v) is 7.06. The zero-order valence-electron chi connectivity index (χ0n) is 12.7. The Hall–Kier alpha value is -2.01. The topological polar surface area (TPSA) is 72.2 Å². The van der Waals surface area contributed by atoms with Crippen molar-refractivity contribution in [2.45, 2.75) is 32.6 Å². The van der Waals surface area contributed by atoms with Gasteiger partial charge < -0.3 is 5.73 Å². The van der Waals surface area contributed by atoms with Gasteiger partial charge >= 0.3 is 0 Å². The molecule has 0 aliphatic rings. The first-order valence-corrected chi connectivity index (χ1v) is 8.16. The molecule has 0 saturated carbocycles. The largest absolute Gasteiger partial charge is 0.399 e. The molecule has 0 radical (unpaired) electrons. The minimum absolute atomic E-state index is 0.263. The van der Waals surface area contributed by atoms with Crippen molar-refractivity contribution < 1.29 is 8.42 Å². The molecule has 0 unspecified atom stereocenters. The molecule has 112 valence electrons. The van der Waals surface area contributed by atoms with Crippen molar-refractivity contribution in [1.29, 1.82) is 0 Å². The van der Waals surface area contributed by atoms with Crippen LogP contribution in [0.4, 0.5) is 11.4 Å². The molecule has 0 aliphatic heterocycles. The lowest BCUT2D eigenvalue weighted by atomic mass is 10.1. The van der Waals surface area contributed by atoms with E-state index in [1.807, 2.05) is 33.8 Å². The van der Waals surface area contributed by atoms with Crippen molar-refractivity contribution in [2.75, 3.05) is 10.5 Å². The van der Waals surface area contributed by atoms with Gasteiger partial charge in [-0.3, -0.25) is 4.72 Å². The Kier molecular flexibility index (Phi) is 3.96. The number of sulfonamides is 1. The van der Waals surface area contributed by atoms with Crippen molar-refractivity contribution in [3.05, 3.63) is 52.6 Å². The summed E-state index contributed by atoms with van der Waals surface area (Å²) < 4.78 is 27.6. The number of hydrogen-bond donors (Lipinski definition) is 2. The predicted octanol–water partition coefficient (Wildman–Crippen LogP) is 3.30. The smallest absolute Gasteiger partial charge is 0.261 e. The van der Waals surface area contributed by atoms with Crippen molar-refractivity contribution in [1.82, 2.24) is 0 Å². The highest BCUT2D eigenvalue weighted by Crippen LogP contribution is 2.25. The number of nitrogen functional groups attached to an aromatic ring is 1. The van der Waals surface area contributed by atoms with Gasteiger partial charge in [0.2, 0.25) is 0 Å². The third-order valence-corrected chi connectivity index (χ3v) is 5.01. The second-order valence-electron chi connectivity index (χ2n) is 5.38. The van der Waals surface area contributed by atoms with E-state index in [0.29, 0.717) is 11.4 Å². The van der Waals surface area contributed by atoms with Crippen LogP contribution in [0.1, 0.15) is 22.3 Å². The molecule has 21 heavy (non-hydrogen) atoms. The first-order valence-electron chi connectivity index (χ1n) is 6.67. The average Bonchev–Trinajstić information content (AvgIpc) is 2.39. The Bertz CT molecular complexity index is 796. The Labute approximate surface area is 126 Å². The van der Waals surface area contributed by atoms with Crippen LogP contribution in [0.5, 0.6) is 0 Å². The lowest BCUT2D eigenvalue weighted by molar-refractivity contribution is 0.601. The highest BCUT2D eigenvalue weighted by Gasteiger charge is 2.16. The molecule has 0 bridgehead atoms. The molecule has 4 nitrogen and oxygen atoms in total. The van der Waals surface area contributed by atoms with E-state index in [4.69, 9.17) is 5.73 Å². The molecule has 0 fully saturated rings. The van der Waals surface area contributed by atoms with Gasteiger partial charge in [-0.1, -0.05) is 6.07 Å². The van der Waals surface area contributed by atoms with Gasteiger partial charge in [-0.15, -0.1) is 0 Å². The lowest BCUT2D eigenvalue weighted by Gasteiger charge is -2.13. The molecule has 2 rings (SSSR count). The van der Waals surface area contributed by atoms with Gasteiger partial charge in [0.1, 0.15) is 0 Å². The maximum Gasteiger partial charge on any atom is 0.261 e. The van der Waals surface area contributed by atoms with Crippen molar-refractivity contribution >= 4 is 21.4 Å². The number of nitrogens with one attached hydrogen (secondary N) is 1. The van der Waals surface area contributed by atoms with Crippen molar-refractivity contribution in [3.8, 4) is 0 Å². The zero-order chi connectivity index (χ0) is 15.8. The monoisotopic (exact) mass is 304 g/mol. The standard InChI is InChI=1S/C16H20N2O2S/c1-10-5-6-14(7-11(10)2)21(19,20)18-16-9-12(3)15(17)8-13(16)4/h5-9,18H,17H2,1-4H3. The van der Waals surface area contributed by atoms with Crippen LogP contribution in [-0.4, -0.2) is 8.42 Å². The fraction of sp³-hybridized carbons (Fsp3) is 0.250. The van der Waals surface area contributed by atoms with E-state index in [1.54, 1.807) is 24.3 Å². The molecule has 2 aromatic rings. The minimum atomic E-state index is -3.60. The van der Waals surface area contributed by atoms with Crippen LogP contribution in [0.2, 0.25) is 0 Å². The van der Waals surface area contributed by atoms with Crippen LogP contribution in [0.15, 0.2) is 35.2 Å². The fourth-order valence-electron chi connectivity index (χ4n) is 2.03. The third kappa shape index (κ3) is 3.19. The normalized spacial score (nSPS) is 11.4. The Morgan fingerprint density at radius 1 is 0.857 bits per heavy atom. The predicted molar refractivity (Wildman–Crippen MR) is 87.1 cm³/mol. The highest BCUT2D eigenvalue weighted by molar-refractivity contribution is 7.92. The summed E-state index contributed by atoms with van der Waals surface area (Å²) in [6.07, 6.45) is 0. The van der Waals surface area contributed by atoms with Gasteiger partial charge in [0, 0.05) is 5.69 Å². The molecule has 0 aliphatic carbocycles. The maximum absolute atomic E-state index is 12.5. The molecule has 5 heteroatoms. The average molecular weight is 304 g/mol. The molecule has 3 N–H and O–H groups in total. The molecular formula is C16H20N2O2S. The van der Waals surface area contributed by atoms with Gasteiger partial charge in [-0.25, -0.2) is 8.42 Å². The quantitative estimate of drug-likeness (QED) is 0.855. The second kappa shape index (κ2) is 5.41. The van der Waals surface area contributed by atoms with Gasteiger partial charge in [0.05, 0.1) is 10.6 Å². The Morgan fingerprint density at radius 3 is 2.14 bits per heavy atom. The fourth-order valence-corrected chi connectivity index (χ4v) is 3.24. The maximum atomic E-state index is 12.5. The van der Waals surface area contributed by atoms with E-state index in [0.717, 1.165) is 22.3 Å². The third-order valence-electron chi connectivity index (χ3n) is 3.65. The van der Waals surface area contributed by atoms with Crippen LogP contribution in [0.3, 0.4) is 0 Å².